The van der Waals surface area contributed by atoms with Crippen LogP contribution in [0.3, 0.4) is 0 Å². The van der Waals surface area contributed by atoms with E-state index in [9.17, 15) is 14.9 Å². The molecular weight excluding hydrogens is 300 g/mol. The minimum atomic E-state index is -0.700. The van der Waals surface area contributed by atoms with E-state index in [-0.39, 0.29) is 18.0 Å². The van der Waals surface area contributed by atoms with Gasteiger partial charge in [-0.05, 0) is 19.0 Å². The first-order valence-electron chi connectivity index (χ1n) is 6.37. The predicted octanol–water partition coefficient (Wildman–Crippen LogP) is 2.17. The molecule has 0 saturated heterocycles. The van der Waals surface area contributed by atoms with E-state index in [0.29, 0.717) is 11.6 Å². The Bertz CT molecular complexity index is 509. The van der Waals surface area contributed by atoms with Crippen molar-refractivity contribution in [2.75, 3.05) is 20.3 Å². The molecule has 1 aromatic rings. The number of carbonyl (C=O) groups excluding carboxylic acids is 1. The number of methoxy groups -OCH3 is 1. The van der Waals surface area contributed by atoms with Crippen LogP contribution >= 0.6 is 11.6 Å². The maximum absolute atomic E-state index is 11.6. The smallest absolute Gasteiger partial charge is 0.326 e. The zero-order valence-corrected chi connectivity index (χ0v) is 12.6. The third kappa shape index (κ3) is 5.20. The van der Waals surface area contributed by atoms with Gasteiger partial charge in [-0.15, -0.1) is 0 Å². The molecule has 1 aromatic carbocycles. The molecule has 8 heteroatoms. The molecule has 1 rings (SSSR count). The summed E-state index contributed by atoms with van der Waals surface area (Å²) < 4.78 is 10.0. The topological polar surface area (TPSA) is 90.7 Å². The number of nitrogens with zero attached hydrogens (tertiary/aromatic N) is 1. The second-order valence-corrected chi connectivity index (χ2v) is 4.65. The minimum absolute atomic E-state index is 0.0136. The number of carbonyl (C=O) groups is 1. The third-order valence-corrected chi connectivity index (χ3v) is 2.89. The average Bonchev–Trinajstić information content (AvgIpc) is 2.46. The summed E-state index contributed by atoms with van der Waals surface area (Å²) >= 11 is 5.80. The lowest BCUT2D eigenvalue weighted by atomic mass is 10.2. The quantitative estimate of drug-likeness (QED) is 0.449. The predicted molar refractivity (Wildman–Crippen MR) is 77.7 cm³/mol. The van der Waals surface area contributed by atoms with Gasteiger partial charge in [0.2, 0.25) is 0 Å². The molecule has 21 heavy (non-hydrogen) atoms. The third-order valence-electron chi connectivity index (χ3n) is 2.65. The highest BCUT2D eigenvalue weighted by atomic mass is 35.5. The number of ether oxygens (including phenoxy) is 2. The Labute approximate surface area is 127 Å². The molecule has 7 nitrogen and oxygen atoms in total. The molecule has 0 amide bonds. The van der Waals surface area contributed by atoms with Gasteiger partial charge in [-0.25, -0.2) is 0 Å². The fourth-order valence-electron chi connectivity index (χ4n) is 1.60. The van der Waals surface area contributed by atoms with E-state index in [1.807, 2.05) is 6.92 Å². The van der Waals surface area contributed by atoms with Crippen LogP contribution in [0.2, 0.25) is 5.02 Å². The Morgan fingerprint density at radius 3 is 2.81 bits per heavy atom. The van der Waals surface area contributed by atoms with Gasteiger partial charge in [0.05, 0.1) is 12.0 Å². The van der Waals surface area contributed by atoms with Crippen molar-refractivity contribution in [3.63, 3.8) is 0 Å². The molecule has 1 N–H and O–H groups in total. The number of nitrogens with one attached hydrogen (secondary N) is 1. The van der Waals surface area contributed by atoms with Gasteiger partial charge in [-0.2, -0.15) is 0 Å². The van der Waals surface area contributed by atoms with Gasteiger partial charge >= 0.3 is 11.7 Å². The molecule has 0 radical (unpaired) electrons. The molecule has 116 valence electrons. The lowest BCUT2D eigenvalue weighted by molar-refractivity contribution is -0.385. The summed E-state index contributed by atoms with van der Waals surface area (Å²) in [6.07, 6.45) is 0.824. The fourth-order valence-corrected chi connectivity index (χ4v) is 1.76. The zero-order chi connectivity index (χ0) is 15.8. The van der Waals surface area contributed by atoms with Crippen LogP contribution in [0.25, 0.3) is 0 Å². The summed E-state index contributed by atoms with van der Waals surface area (Å²) in [5.74, 6) is -0.479. The SMILES string of the molecule is CCCNC(COc1cc(Cl)ccc1[N+](=O)[O-])C(=O)OC. The normalized spacial score (nSPS) is 11.8. The lowest BCUT2D eigenvalue weighted by Gasteiger charge is -2.16. The van der Waals surface area contributed by atoms with E-state index >= 15 is 0 Å². The van der Waals surface area contributed by atoms with Crippen molar-refractivity contribution in [3.8, 4) is 5.75 Å². The van der Waals surface area contributed by atoms with Crippen molar-refractivity contribution in [2.45, 2.75) is 19.4 Å². The van der Waals surface area contributed by atoms with Gasteiger partial charge in [0, 0.05) is 17.2 Å². The molecule has 0 bridgehead atoms. The van der Waals surface area contributed by atoms with Crippen molar-refractivity contribution in [1.82, 2.24) is 5.32 Å². The molecule has 0 aliphatic carbocycles. The molecule has 0 aliphatic heterocycles. The number of nitro benzene ring substituents is 1. The van der Waals surface area contributed by atoms with Gasteiger partial charge in [0.1, 0.15) is 12.6 Å². The highest BCUT2D eigenvalue weighted by Crippen LogP contribution is 2.29. The van der Waals surface area contributed by atoms with Crippen LogP contribution in [0.15, 0.2) is 18.2 Å². The van der Waals surface area contributed by atoms with Crippen LogP contribution < -0.4 is 10.1 Å². The van der Waals surface area contributed by atoms with Gasteiger partial charge in [0.15, 0.2) is 5.75 Å². The van der Waals surface area contributed by atoms with Gasteiger partial charge in [-0.1, -0.05) is 18.5 Å². The number of esters is 1. The number of benzene rings is 1. The van der Waals surface area contributed by atoms with Crippen molar-refractivity contribution in [2.24, 2.45) is 0 Å². The largest absolute Gasteiger partial charge is 0.484 e. The van der Waals surface area contributed by atoms with E-state index in [4.69, 9.17) is 16.3 Å². The maximum atomic E-state index is 11.6. The molecule has 0 spiro atoms. The Morgan fingerprint density at radius 1 is 1.52 bits per heavy atom. The molecule has 0 saturated carbocycles. The number of hydrogen-bond donors (Lipinski definition) is 1. The summed E-state index contributed by atoms with van der Waals surface area (Å²) in [6, 6.07) is 3.30. The Hall–Kier alpha value is -1.86. The van der Waals surface area contributed by atoms with Crippen LogP contribution in [0.4, 0.5) is 5.69 Å². The Morgan fingerprint density at radius 2 is 2.24 bits per heavy atom. The summed E-state index contributed by atoms with van der Waals surface area (Å²) in [5, 5.41) is 14.2. The van der Waals surface area contributed by atoms with E-state index in [1.165, 1.54) is 25.3 Å². The second kappa shape index (κ2) is 8.43. The lowest BCUT2D eigenvalue weighted by Crippen LogP contribution is -2.42. The molecule has 0 fully saturated rings. The van der Waals surface area contributed by atoms with Crippen LogP contribution in [-0.4, -0.2) is 37.2 Å². The maximum Gasteiger partial charge on any atom is 0.326 e. The Kier molecular flexibility index (Phi) is 6.90. The monoisotopic (exact) mass is 316 g/mol. The second-order valence-electron chi connectivity index (χ2n) is 4.21. The van der Waals surface area contributed by atoms with Crippen molar-refractivity contribution < 1.29 is 19.2 Å². The molecule has 1 atom stereocenters. The van der Waals surface area contributed by atoms with Gasteiger partial charge in [-0.3, -0.25) is 14.9 Å². The van der Waals surface area contributed by atoms with Crippen LogP contribution in [0, 0.1) is 10.1 Å². The Balaban J connectivity index is 2.81. The van der Waals surface area contributed by atoms with E-state index < -0.39 is 16.9 Å². The summed E-state index contributed by atoms with van der Waals surface area (Å²) in [7, 11) is 1.27. The first-order chi connectivity index (χ1) is 9.99. The van der Waals surface area contributed by atoms with Crippen molar-refractivity contribution in [3.05, 3.63) is 33.3 Å². The molecule has 0 aromatic heterocycles. The number of rotatable bonds is 8. The highest BCUT2D eigenvalue weighted by molar-refractivity contribution is 6.30. The first kappa shape index (κ1) is 17.2. The van der Waals surface area contributed by atoms with E-state index in [2.05, 4.69) is 10.1 Å². The van der Waals surface area contributed by atoms with Crippen LogP contribution in [-0.2, 0) is 9.53 Å². The number of halogens is 1. The van der Waals surface area contributed by atoms with E-state index in [1.54, 1.807) is 0 Å². The van der Waals surface area contributed by atoms with Crippen LogP contribution in [0.5, 0.6) is 5.75 Å². The summed E-state index contributed by atoms with van der Waals surface area (Å²) in [4.78, 5) is 21.9. The summed E-state index contributed by atoms with van der Waals surface area (Å²) in [6.45, 7) is 2.46. The molecule has 1 unspecified atom stereocenters. The first-order valence-corrected chi connectivity index (χ1v) is 6.75. The average molecular weight is 317 g/mol. The fraction of sp³-hybridized carbons (Fsp3) is 0.462. The summed E-state index contributed by atoms with van der Waals surface area (Å²) in [5.41, 5.74) is -0.210. The number of hydrogen-bond acceptors (Lipinski definition) is 6. The van der Waals surface area contributed by atoms with Crippen molar-refractivity contribution in [1.29, 1.82) is 0 Å². The van der Waals surface area contributed by atoms with Crippen molar-refractivity contribution >= 4 is 23.3 Å². The minimum Gasteiger partial charge on any atom is -0.484 e. The van der Waals surface area contributed by atoms with Gasteiger partial charge in [0.25, 0.3) is 0 Å². The zero-order valence-electron chi connectivity index (χ0n) is 11.8. The highest BCUT2D eigenvalue weighted by Gasteiger charge is 2.22. The molecular formula is C13H17ClN2O5. The molecule has 0 heterocycles. The van der Waals surface area contributed by atoms with E-state index in [0.717, 1.165) is 6.42 Å². The standard InChI is InChI=1S/C13H17ClN2O5/c1-3-6-15-10(13(17)20-2)8-21-12-7-9(14)4-5-11(12)16(18)19/h4-5,7,10,15H,3,6,8H2,1-2H3. The van der Waals surface area contributed by atoms with Gasteiger partial charge < -0.3 is 14.8 Å². The molecule has 0 aliphatic rings. The van der Waals surface area contributed by atoms with Crippen LogP contribution in [0.1, 0.15) is 13.3 Å². The number of nitro groups is 1.